The van der Waals surface area contributed by atoms with Crippen molar-refractivity contribution in [2.24, 2.45) is 0 Å². The third kappa shape index (κ3) is 7.29. The zero-order valence-corrected chi connectivity index (χ0v) is 7.14. The monoisotopic (exact) mass is 160 g/mol. The fourth-order valence-corrected chi connectivity index (χ4v) is 0.594. The average molecular weight is 160 g/mol. The van der Waals surface area contributed by atoms with Crippen LogP contribution in [0.2, 0.25) is 0 Å². The second-order valence-corrected chi connectivity index (χ2v) is 2.11. The maximum atomic E-state index is 10.6. The van der Waals surface area contributed by atoms with E-state index in [1.165, 1.54) is 7.11 Å². The van der Waals surface area contributed by atoms with Gasteiger partial charge in [-0.2, -0.15) is 0 Å². The number of rotatable bonds is 6. The van der Waals surface area contributed by atoms with Crippen molar-refractivity contribution in [1.82, 2.24) is 10.6 Å². The summed E-state index contributed by atoms with van der Waals surface area (Å²) in [5.41, 5.74) is 0. The first-order valence-electron chi connectivity index (χ1n) is 3.79. The summed E-state index contributed by atoms with van der Waals surface area (Å²) in [5.74, 6) is -0.172. The summed E-state index contributed by atoms with van der Waals surface area (Å²) in [6.07, 6.45) is 0.432. The molecule has 0 bridgehead atoms. The van der Waals surface area contributed by atoms with E-state index in [0.717, 1.165) is 13.2 Å². The van der Waals surface area contributed by atoms with E-state index in [0.29, 0.717) is 13.0 Å². The molecule has 0 aromatic heterocycles. The van der Waals surface area contributed by atoms with Crippen LogP contribution in [0.5, 0.6) is 0 Å². The van der Waals surface area contributed by atoms with Crippen LogP contribution >= 0.6 is 0 Å². The summed E-state index contributed by atoms with van der Waals surface area (Å²) >= 11 is 0. The Morgan fingerprint density at radius 3 is 2.73 bits per heavy atom. The van der Waals surface area contributed by atoms with Crippen LogP contribution in [0.4, 0.5) is 0 Å². The van der Waals surface area contributed by atoms with Crippen molar-refractivity contribution in [2.45, 2.75) is 13.3 Å². The molecule has 4 heteroatoms. The highest BCUT2D eigenvalue weighted by Gasteiger charge is 1.96. The van der Waals surface area contributed by atoms with Crippen LogP contribution in [0.25, 0.3) is 0 Å². The summed E-state index contributed by atoms with van der Waals surface area (Å²) < 4.78 is 4.46. The maximum Gasteiger partial charge on any atom is 0.306 e. The summed E-state index contributed by atoms with van der Waals surface area (Å²) in [7, 11) is 1.40. The van der Waals surface area contributed by atoms with Gasteiger partial charge in [-0.1, -0.05) is 6.92 Å². The van der Waals surface area contributed by atoms with Gasteiger partial charge in [-0.15, -0.1) is 0 Å². The fraction of sp³-hybridized carbons (Fsp3) is 0.857. The Hall–Kier alpha value is -0.610. The number of carbonyl (C=O) groups excluding carboxylic acids is 1. The SMILES string of the molecule is CCNCNCCC(=O)OC. The van der Waals surface area contributed by atoms with Crippen molar-refractivity contribution in [1.29, 1.82) is 0 Å². The second-order valence-electron chi connectivity index (χ2n) is 2.11. The quantitative estimate of drug-likeness (QED) is 0.318. The molecule has 0 saturated carbocycles. The predicted octanol–water partition coefficient (Wildman–Crippen LogP) is -0.294. The molecule has 0 aliphatic heterocycles. The summed E-state index contributed by atoms with van der Waals surface area (Å²) in [6, 6.07) is 0. The van der Waals surface area contributed by atoms with Gasteiger partial charge in [0.25, 0.3) is 0 Å². The van der Waals surface area contributed by atoms with E-state index in [-0.39, 0.29) is 5.97 Å². The highest BCUT2D eigenvalue weighted by atomic mass is 16.5. The van der Waals surface area contributed by atoms with Gasteiger partial charge in [-0.3, -0.25) is 4.79 Å². The lowest BCUT2D eigenvalue weighted by atomic mass is 10.4. The van der Waals surface area contributed by atoms with Gasteiger partial charge >= 0.3 is 5.97 Å². The Morgan fingerprint density at radius 2 is 2.18 bits per heavy atom. The molecular formula is C7H16N2O2. The van der Waals surface area contributed by atoms with Gasteiger partial charge in [-0.05, 0) is 6.54 Å². The van der Waals surface area contributed by atoms with E-state index < -0.39 is 0 Å². The Labute approximate surface area is 67.3 Å². The Kier molecular flexibility index (Phi) is 7.08. The average Bonchev–Trinajstić information content (AvgIpc) is 2.04. The largest absolute Gasteiger partial charge is 0.469 e. The van der Waals surface area contributed by atoms with Gasteiger partial charge in [0.05, 0.1) is 13.5 Å². The lowest BCUT2D eigenvalue weighted by molar-refractivity contribution is -0.140. The van der Waals surface area contributed by atoms with E-state index in [4.69, 9.17) is 0 Å². The number of hydrogen-bond donors (Lipinski definition) is 2. The lowest BCUT2D eigenvalue weighted by Gasteiger charge is -2.02. The minimum absolute atomic E-state index is 0.172. The topological polar surface area (TPSA) is 50.4 Å². The van der Waals surface area contributed by atoms with Crippen LogP contribution in [-0.2, 0) is 9.53 Å². The molecule has 66 valence electrons. The number of ether oxygens (including phenoxy) is 1. The molecule has 0 heterocycles. The number of hydrogen-bond acceptors (Lipinski definition) is 4. The molecule has 0 fully saturated rings. The smallest absolute Gasteiger partial charge is 0.306 e. The van der Waals surface area contributed by atoms with Gasteiger partial charge in [0.15, 0.2) is 0 Å². The first-order valence-corrected chi connectivity index (χ1v) is 3.79. The van der Waals surface area contributed by atoms with Crippen LogP contribution in [0.1, 0.15) is 13.3 Å². The van der Waals surface area contributed by atoms with E-state index in [2.05, 4.69) is 15.4 Å². The molecule has 0 rings (SSSR count). The molecule has 0 radical (unpaired) electrons. The number of carbonyl (C=O) groups is 1. The molecule has 11 heavy (non-hydrogen) atoms. The maximum absolute atomic E-state index is 10.6. The Morgan fingerprint density at radius 1 is 1.45 bits per heavy atom. The first-order chi connectivity index (χ1) is 5.31. The number of methoxy groups -OCH3 is 1. The van der Waals surface area contributed by atoms with Gasteiger partial charge in [-0.25, -0.2) is 0 Å². The van der Waals surface area contributed by atoms with Gasteiger partial charge < -0.3 is 15.4 Å². The molecule has 2 N–H and O–H groups in total. The standard InChI is InChI=1S/C7H16N2O2/c1-3-8-6-9-5-4-7(10)11-2/h8-9H,3-6H2,1-2H3. The molecule has 0 saturated heterocycles. The van der Waals surface area contributed by atoms with Crippen molar-refractivity contribution in [2.75, 3.05) is 26.9 Å². The van der Waals surface area contributed by atoms with E-state index in [1.807, 2.05) is 6.92 Å². The zero-order chi connectivity index (χ0) is 8.53. The fourth-order valence-electron chi connectivity index (χ4n) is 0.594. The van der Waals surface area contributed by atoms with Crippen LogP contribution in [-0.4, -0.2) is 32.8 Å². The van der Waals surface area contributed by atoms with Gasteiger partial charge in [0.2, 0.25) is 0 Å². The minimum atomic E-state index is -0.172. The number of esters is 1. The summed E-state index contributed by atoms with van der Waals surface area (Å²) in [4.78, 5) is 10.6. The highest BCUT2D eigenvalue weighted by Crippen LogP contribution is 1.79. The van der Waals surface area contributed by atoms with Crippen molar-refractivity contribution < 1.29 is 9.53 Å². The van der Waals surface area contributed by atoms with Crippen molar-refractivity contribution in [3.8, 4) is 0 Å². The second kappa shape index (κ2) is 7.50. The van der Waals surface area contributed by atoms with Crippen LogP contribution in [0, 0.1) is 0 Å². The molecule has 0 aromatic carbocycles. The van der Waals surface area contributed by atoms with E-state index in [1.54, 1.807) is 0 Å². The molecule has 0 spiro atoms. The van der Waals surface area contributed by atoms with Crippen LogP contribution in [0.3, 0.4) is 0 Å². The lowest BCUT2D eigenvalue weighted by Crippen LogP contribution is -2.30. The predicted molar refractivity (Wildman–Crippen MR) is 43.2 cm³/mol. The normalized spacial score (nSPS) is 9.64. The van der Waals surface area contributed by atoms with Gasteiger partial charge in [0, 0.05) is 13.2 Å². The summed E-state index contributed by atoms with van der Waals surface area (Å²) in [5, 5.41) is 6.12. The molecule has 0 aliphatic rings. The van der Waals surface area contributed by atoms with Crippen LogP contribution in [0.15, 0.2) is 0 Å². The first kappa shape index (κ1) is 10.4. The minimum Gasteiger partial charge on any atom is -0.469 e. The van der Waals surface area contributed by atoms with Crippen molar-refractivity contribution >= 4 is 5.97 Å². The summed E-state index contributed by atoms with van der Waals surface area (Å²) in [6.45, 7) is 4.38. The van der Waals surface area contributed by atoms with Crippen molar-refractivity contribution in [3.05, 3.63) is 0 Å². The molecule has 0 amide bonds. The number of nitrogens with one attached hydrogen (secondary N) is 2. The third-order valence-corrected chi connectivity index (χ3v) is 1.23. The molecule has 0 aromatic rings. The molecule has 0 atom stereocenters. The Balaban J connectivity index is 2.95. The molecular weight excluding hydrogens is 144 g/mol. The van der Waals surface area contributed by atoms with E-state index in [9.17, 15) is 4.79 Å². The third-order valence-electron chi connectivity index (χ3n) is 1.23. The molecule has 0 aliphatic carbocycles. The molecule has 0 unspecified atom stereocenters. The highest BCUT2D eigenvalue weighted by molar-refractivity contribution is 5.69. The van der Waals surface area contributed by atoms with E-state index >= 15 is 0 Å². The van der Waals surface area contributed by atoms with Crippen molar-refractivity contribution in [3.63, 3.8) is 0 Å². The zero-order valence-electron chi connectivity index (χ0n) is 7.14. The van der Waals surface area contributed by atoms with Crippen LogP contribution < -0.4 is 10.6 Å². The van der Waals surface area contributed by atoms with Gasteiger partial charge in [0.1, 0.15) is 0 Å². The molecule has 4 nitrogen and oxygen atoms in total. The Bertz CT molecular complexity index is 107.